The van der Waals surface area contributed by atoms with Gasteiger partial charge < -0.3 is 21.5 Å². The van der Waals surface area contributed by atoms with Crippen LogP contribution < -0.4 is 16.4 Å². The van der Waals surface area contributed by atoms with Crippen LogP contribution >= 0.6 is 0 Å². The van der Waals surface area contributed by atoms with E-state index in [0.717, 1.165) is 0 Å². The van der Waals surface area contributed by atoms with Crippen LogP contribution in [0.3, 0.4) is 0 Å². The molecule has 6 N–H and O–H groups in total. The summed E-state index contributed by atoms with van der Waals surface area (Å²) >= 11 is 0. The molecule has 0 bridgehead atoms. The Kier molecular flexibility index (Phi) is 3.71. The van der Waals surface area contributed by atoms with Crippen LogP contribution in [0.2, 0.25) is 0 Å². The first-order valence-corrected chi connectivity index (χ1v) is 4.69. The minimum atomic E-state index is -0.926. The number of rotatable bonds is 4. The molecule has 0 aromatic heterocycles. The lowest BCUT2D eigenvalue weighted by molar-refractivity contribution is -0.137. The zero-order chi connectivity index (χ0) is 12.1. The second-order valence-electron chi connectivity index (χ2n) is 3.32. The van der Waals surface area contributed by atoms with Crippen LogP contribution in [0.1, 0.15) is 6.92 Å². The fourth-order valence-electron chi connectivity index (χ4n) is 1.15. The molecule has 0 fully saturated rings. The van der Waals surface area contributed by atoms with Crippen LogP contribution in [0.15, 0.2) is 24.3 Å². The van der Waals surface area contributed by atoms with Gasteiger partial charge in [0.15, 0.2) is 5.96 Å². The molecule has 0 saturated heterocycles. The van der Waals surface area contributed by atoms with Gasteiger partial charge in [0.25, 0.3) is 0 Å². The number of nitrogens with one attached hydrogen (secondary N) is 3. The van der Waals surface area contributed by atoms with Gasteiger partial charge in [-0.25, -0.2) is 0 Å². The number of aliphatic carboxylic acids is 1. The molecular formula is C10H14N4O2. The lowest BCUT2D eigenvalue weighted by Gasteiger charge is -2.12. The lowest BCUT2D eigenvalue weighted by Crippen LogP contribution is -2.25. The maximum atomic E-state index is 10.6. The normalized spacial score (nSPS) is 11.6. The van der Waals surface area contributed by atoms with E-state index in [9.17, 15) is 4.79 Å². The molecule has 0 aliphatic heterocycles. The minimum Gasteiger partial charge on any atom is -0.480 e. The summed E-state index contributed by atoms with van der Waals surface area (Å²) in [6.07, 6.45) is 0. The highest BCUT2D eigenvalue weighted by molar-refractivity contribution is 5.90. The van der Waals surface area contributed by atoms with E-state index in [1.165, 1.54) is 0 Å². The topological polar surface area (TPSA) is 111 Å². The van der Waals surface area contributed by atoms with E-state index in [0.29, 0.717) is 11.4 Å². The lowest BCUT2D eigenvalue weighted by atomic mass is 10.2. The van der Waals surface area contributed by atoms with Crippen molar-refractivity contribution < 1.29 is 9.90 Å². The summed E-state index contributed by atoms with van der Waals surface area (Å²) in [4.78, 5) is 10.6. The van der Waals surface area contributed by atoms with E-state index in [2.05, 4.69) is 10.6 Å². The molecule has 1 rings (SSSR count). The van der Waals surface area contributed by atoms with E-state index < -0.39 is 12.0 Å². The summed E-state index contributed by atoms with van der Waals surface area (Å²) in [6, 6.07) is 6.22. The second kappa shape index (κ2) is 5.01. The number of benzene rings is 1. The molecule has 0 saturated carbocycles. The van der Waals surface area contributed by atoms with Crippen molar-refractivity contribution in [2.75, 3.05) is 10.6 Å². The van der Waals surface area contributed by atoms with Crippen LogP contribution in [-0.4, -0.2) is 23.1 Å². The third kappa shape index (κ3) is 3.49. The maximum absolute atomic E-state index is 10.6. The summed E-state index contributed by atoms with van der Waals surface area (Å²) in [7, 11) is 0. The van der Waals surface area contributed by atoms with Crippen LogP contribution in [0.5, 0.6) is 0 Å². The average molecular weight is 222 g/mol. The fraction of sp³-hybridized carbons (Fsp3) is 0.200. The van der Waals surface area contributed by atoms with Gasteiger partial charge in [0, 0.05) is 11.4 Å². The van der Waals surface area contributed by atoms with Gasteiger partial charge >= 0.3 is 5.97 Å². The first-order valence-electron chi connectivity index (χ1n) is 4.69. The molecule has 1 atom stereocenters. The maximum Gasteiger partial charge on any atom is 0.325 e. The van der Waals surface area contributed by atoms with Crippen LogP contribution in [-0.2, 0) is 4.79 Å². The smallest absolute Gasteiger partial charge is 0.325 e. The highest BCUT2D eigenvalue weighted by Gasteiger charge is 2.09. The monoisotopic (exact) mass is 222 g/mol. The summed E-state index contributed by atoms with van der Waals surface area (Å²) in [6.45, 7) is 1.55. The largest absolute Gasteiger partial charge is 0.480 e. The van der Waals surface area contributed by atoms with Crippen molar-refractivity contribution in [2.45, 2.75) is 13.0 Å². The zero-order valence-electron chi connectivity index (χ0n) is 8.82. The molecular weight excluding hydrogens is 208 g/mol. The van der Waals surface area contributed by atoms with Gasteiger partial charge in [0.2, 0.25) is 0 Å². The Morgan fingerprint density at radius 1 is 1.50 bits per heavy atom. The Hall–Kier alpha value is -2.24. The number of nitrogens with two attached hydrogens (primary N) is 1. The number of carboxylic acid groups (broad SMARTS) is 1. The van der Waals surface area contributed by atoms with Crippen LogP contribution in [0.4, 0.5) is 11.4 Å². The molecule has 0 unspecified atom stereocenters. The third-order valence-corrected chi connectivity index (χ3v) is 1.90. The first kappa shape index (κ1) is 11.8. The minimum absolute atomic E-state index is 0.163. The van der Waals surface area contributed by atoms with Crippen molar-refractivity contribution in [1.82, 2.24) is 0 Å². The van der Waals surface area contributed by atoms with E-state index >= 15 is 0 Å². The van der Waals surface area contributed by atoms with Gasteiger partial charge in [-0.2, -0.15) is 0 Å². The molecule has 0 radical (unpaired) electrons. The predicted octanol–water partition coefficient (Wildman–Crippen LogP) is 0.877. The third-order valence-electron chi connectivity index (χ3n) is 1.90. The first-order chi connectivity index (χ1) is 7.49. The number of anilines is 2. The van der Waals surface area contributed by atoms with Crippen molar-refractivity contribution >= 4 is 23.3 Å². The van der Waals surface area contributed by atoms with Crippen molar-refractivity contribution in [2.24, 2.45) is 5.73 Å². The Morgan fingerprint density at radius 3 is 2.69 bits per heavy atom. The SMILES string of the molecule is C[C@H](Nc1cccc(NC(=N)N)c1)C(=O)O. The molecule has 16 heavy (non-hydrogen) atoms. The molecule has 1 aromatic carbocycles. The molecule has 1 aromatic rings. The molecule has 6 nitrogen and oxygen atoms in total. The molecule has 6 heteroatoms. The van der Waals surface area contributed by atoms with E-state index in [1.807, 2.05) is 0 Å². The van der Waals surface area contributed by atoms with Gasteiger partial charge in [-0.15, -0.1) is 0 Å². The summed E-state index contributed by atoms with van der Waals surface area (Å²) in [5.74, 6) is -1.09. The molecule has 0 aliphatic carbocycles. The second-order valence-corrected chi connectivity index (χ2v) is 3.32. The molecule has 0 amide bonds. The molecule has 86 valence electrons. The summed E-state index contributed by atoms with van der Waals surface area (Å²) in [5.41, 5.74) is 6.47. The van der Waals surface area contributed by atoms with E-state index in [4.69, 9.17) is 16.2 Å². The Balaban J connectivity index is 2.74. The van der Waals surface area contributed by atoms with Crippen molar-refractivity contribution in [3.05, 3.63) is 24.3 Å². The number of hydrogen-bond donors (Lipinski definition) is 5. The summed E-state index contributed by atoms with van der Waals surface area (Å²) < 4.78 is 0. The average Bonchev–Trinajstić information content (AvgIpc) is 2.16. The zero-order valence-corrected chi connectivity index (χ0v) is 8.82. The van der Waals surface area contributed by atoms with Gasteiger partial charge in [-0.3, -0.25) is 10.2 Å². The Bertz CT molecular complexity index is 406. The van der Waals surface area contributed by atoms with Crippen molar-refractivity contribution in [3.8, 4) is 0 Å². The van der Waals surface area contributed by atoms with Crippen molar-refractivity contribution in [1.29, 1.82) is 5.41 Å². The highest BCUT2D eigenvalue weighted by Crippen LogP contribution is 2.15. The van der Waals surface area contributed by atoms with Gasteiger partial charge in [0.1, 0.15) is 6.04 Å². The van der Waals surface area contributed by atoms with Crippen molar-refractivity contribution in [3.63, 3.8) is 0 Å². The van der Waals surface area contributed by atoms with E-state index in [1.54, 1.807) is 31.2 Å². The quantitative estimate of drug-likeness (QED) is 0.383. The van der Waals surface area contributed by atoms with Gasteiger partial charge in [-0.05, 0) is 25.1 Å². The molecule has 0 aliphatic rings. The Labute approximate surface area is 93.0 Å². The summed E-state index contributed by atoms with van der Waals surface area (Å²) in [5, 5.41) is 21.2. The molecule has 0 heterocycles. The van der Waals surface area contributed by atoms with Gasteiger partial charge in [-0.1, -0.05) is 6.07 Å². The highest BCUT2D eigenvalue weighted by atomic mass is 16.4. The fourth-order valence-corrected chi connectivity index (χ4v) is 1.15. The standard InChI is InChI=1S/C10H14N4O2/c1-6(9(15)16)13-7-3-2-4-8(5-7)14-10(11)12/h2-6,13H,1H3,(H,15,16)(H4,11,12,14)/t6-/m0/s1. The van der Waals surface area contributed by atoms with Crippen LogP contribution in [0.25, 0.3) is 0 Å². The number of hydrogen-bond acceptors (Lipinski definition) is 3. The number of carbonyl (C=O) groups is 1. The number of guanidine groups is 1. The predicted molar refractivity (Wildman–Crippen MR) is 62.7 cm³/mol. The number of carboxylic acids is 1. The Morgan fingerprint density at radius 2 is 2.12 bits per heavy atom. The van der Waals surface area contributed by atoms with Crippen LogP contribution in [0, 0.1) is 5.41 Å². The van der Waals surface area contributed by atoms with Gasteiger partial charge in [0.05, 0.1) is 0 Å². The van der Waals surface area contributed by atoms with E-state index in [-0.39, 0.29) is 5.96 Å². The molecule has 0 spiro atoms.